The van der Waals surface area contributed by atoms with Gasteiger partial charge in [-0.2, -0.15) is 0 Å². The molecule has 1 fully saturated rings. The van der Waals surface area contributed by atoms with Crippen LogP contribution in [0.1, 0.15) is 12.8 Å². The zero-order valence-corrected chi connectivity index (χ0v) is 8.10. The van der Waals surface area contributed by atoms with Crippen LogP contribution in [0.5, 0.6) is 0 Å². The summed E-state index contributed by atoms with van der Waals surface area (Å²) in [4.78, 5) is 22.9. The van der Waals surface area contributed by atoms with E-state index in [9.17, 15) is 9.59 Å². The van der Waals surface area contributed by atoms with Crippen LogP contribution in [-0.2, 0) is 14.3 Å². The van der Waals surface area contributed by atoms with E-state index >= 15 is 0 Å². The predicted octanol–water partition coefficient (Wildman–Crippen LogP) is 1.52. The van der Waals surface area contributed by atoms with Crippen molar-refractivity contribution in [3.05, 3.63) is 35.5 Å². The molecular formula is C12H10O3. The lowest BCUT2D eigenvalue weighted by Gasteiger charge is -2.25. The Kier molecular flexibility index (Phi) is 1.69. The SMILES string of the molecule is O=C1OC(=O)C2CCC3C=CC=CC3=C12. The van der Waals surface area contributed by atoms with Crippen molar-refractivity contribution in [3.63, 3.8) is 0 Å². The minimum Gasteiger partial charge on any atom is -0.389 e. The molecule has 3 nitrogen and oxygen atoms in total. The van der Waals surface area contributed by atoms with Gasteiger partial charge in [0.15, 0.2) is 0 Å². The van der Waals surface area contributed by atoms with Crippen LogP contribution in [0.15, 0.2) is 35.5 Å². The van der Waals surface area contributed by atoms with Crippen molar-refractivity contribution in [1.82, 2.24) is 0 Å². The Morgan fingerprint density at radius 2 is 2.07 bits per heavy atom. The van der Waals surface area contributed by atoms with Gasteiger partial charge in [-0.05, 0) is 18.4 Å². The Hall–Kier alpha value is -1.64. The lowest BCUT2D eigenvalue weighted by Crippen LogP contribution is -2.20. The van der Waals surface area contributed by atoms with Gasteiger partial charge in [0, 0.05) is 5.92 Å². The van der Waals surface area contributed by atoms with Crippen LogP contribution in [0.25, 0.3) is 0 Å². The van der Waals surface area contributed by atoms with Crippen molar-refractivity contribution >= 4 is 11.9 Å². The highest BCUT2D eigenvalue weighted by molar-refractivity contribution is 6.08. The van der Waals surface area contributed by atoms with Gasteiger partial charge in [-0.15, -0.1) is 0 Å². The smallest absolute Gasteiger partial charge is 0.342 e. The number of carbonyl (C=O) groups is 2. The largest absolute Gasteiger partial charge is 0.389 e. The van der Waals surface area contributed by atoms with E-state index in [-0.39, 0.29) is 11.9 Å². The van der Waals surface area contributed by atoms with Crippen LogP contribution in [0, 0.1) is 11.8 Å². The molecule has 2 aliphatic carbocycles. The second-order valence-corrected chi connectivity index (χ2v) is 4.06. The van der Waals surface area contributed by atoms with Crippen LogP contribution >= 0.6 is 0 Å². The van der Waals surface area contributed by atoms with Crippen LogP contribution in [0.4, 0.5) is 0 Å². The minimum atomic E-state index is -0.440. The Morgan fingerprint density at radius 1 is 1.20 bits per heavy atom. The van der Waals surface area contributed by atoms with Crippen LogP contribution < -0.4 is 0 Å². The van der Waals surface area contributed by atoms with Crippen LogP contribution in [0.3, 0.4) is 0 Å². The number of carbonyl (C=O) groups excluding carboxylic acids is 2. The topological polar surface area (TPSA) is 43.4 Å². The summed E-state index contributed by atoms with van der Waals surface area (Å²) in [6.45, 7) is 0. The Morgan fingerprint density at radius 3 is 2.93 bits per heavy atom. The van der Waals surface area contributed by atoms with E-state index < -0.39 is 5.97 Å². The van der Waals surface area contributed by atoms with Gasteiger partial charge >= 0.3 is 11.9 Å². The van der Waals surface area contributed by atoms with Crippen molar-refractivity contribution in [2.75, 3.05) is 0 Å². The fraction of sp³-hybridized carbons (Fsp3) is 0.333. The van der Waals surface area contributed by atoms with Crippen molar-refractivity contribution < 1.29 is 14.3 Å². The van der Waals surface area contributed by atoms with E-state index in [1.54, 1.807) is 0 Å². The normalized spacial score (nSPS) is 32.8. The molecule has 1 saturated heterocycles. The summed E-state index contributed by atoms with van der Waals surface area (Å²) in [6.07, 6.45) is 9.54. The van der Waals surface area contributed by atoms with E-state index in [2.05, 4.69) is 10.8 Å². The molecule has 2 unspecified atom stereocenters. The number of cyclic esters (lactones) is 2. The first-order valence-electron chi connectivity index (χ1n) is 5.12. The van der Waals surface area contributed by atoms with Crippen molar-refractivity contribution in [1.29, 1.82) is 0 Å². The Balaban J connectivity index is 2.15. The number of rotatable bonds is 0. The zero-order valence-electron chi connectivity index (χ0n) is 8.10. The second-order valence-electron chi connectivity index (χ2n) is 4.06. The average Bonchev–Trinajstić information content (AvgIpc) is 2.55. The average molecular weight is 202 g/mol. The number of fused-ring (bicyclic) bond motifs is 2. The van der Waals surface area contributed by atoms with Gasteiger partial charge in [0.1, 0.15) is 0 Å². The molecule has 76 valence electrons. The summed E-state index contributed by atoms with van der Waals surface area (Å²) in [5.41, 5.74) is 1.57. The molecule has 0 bridgehead atoms. The molecule has 0 N–H and O–H groups in total. The summed E-state index contributed by atoms with van der Waals surface area (Å²) in [6, 6.07) is 0. The quantitative estimate of drug-likeness (QED) is 0.442. The molecule has 0 amide bonds. The molecule has 0 aromatic heterocycles. The maximum atomic E-state index is 11.5. The summed E-state index contributed by atoms with van der Waals surface area (Å²) in [5.74, 6) is -0.826. The van der Waals surface area contributed by atoms with E-state index in [1.807, 2.05) is 18.2 Å². The van der Waals surface area contributed by atoms with Gasteiger partial charge < -0.3 is 4.74 Å². The fourth-order valence-electron chi connectivity index (χ4n) is 2.53. The molecule has 3 rings (SSSR count). The molecule has 0 radical (unpaired) electrons. The number of hydrogen-bond acceptors (Lipinski definition) is 3. The number of allylic oxidation sites excluding steroid dienone is 5. The highest BCUT2D eigenvalue weighted by atomic mass is 16.6. The van der Waals surface area contributed by atoms with Crippen molar-refractivity contribution in [2.45, 2.75) is 12.8 Å². The summed E-state index contributed by atoms with van der Waals surface area (Å²) in [7, 11) is 0. The molecule has 15 heavy (non-hydrogen) atoms. The molecular weight excluding hydrogens is 192 g/mol. The van der Waals surface area contributed by atoms with E-state index in [0.717, 1.165) is 18.4 Å². The van der Waals surface area contributed by atoms with Gasteiger partial charge in [0.05, 0.1) is 11.5 Å². The third kappa shape index (κ3) is 1.12. The minimum absolute atomic E-state index is 0.291. The van der Waals surface area contributed by atoms with E-state index in [4.69, 9.17) is 0 Å². The maximum absolute atomic E-state index is 11.5. The maximum Gasteiger partial charge on any atom is 0.342 e. The third-order valence-electron chi connectivity index (χ3n) is 3.25. The standard InChI is InChI=1S/C12H10O3/c13-11-9-6-5-7-3-1-2-4-8(7)10(9)12(14)15-11/h1-4,7,9H,5-6H2. The highest BCUT2D eigenvalue weighted by Gasteiger charge is 2.44. The van der Waals surface area contributed by atoms with Gasteiger partial charge in [-0.1, -0.05) is 24.3 Å². The number of esters is 2. The summed E-state index contributed by atoms with van der Waals surface area (Å²) in [5, 5.41) is 0. The van der Waals surface area contributed by atoms with Crippen LogP contribution in [0.2, 0.25) is 0 Å². The van der Waals surface area contributed by atoms with Crippen molar-refractivity contribution in [2.24, 2.45) is 11.8 Å². The van der Waals surface area contributed by atoms with Gasteiger partial charge in [-0.3, -0.25) is 4.79 Å². The molecule has 0 aromatic rings. The molecule has 3 aliphatic rings. The first-order chi connectivity index (χ1) is 7.27. The lowest BCUT2D eigenvalue weighted by molar-refractivity contribution is -0.152. The first-order valence-corrected chi connectivity index (χ1v) is 5.12. The van der Waals surface area contributed by atoms with Crippen molar-refractivity contribution in [3.8, 4) is 0 Å². The molecule has 3 heteroatoms. The third-order valence-corrected chi connectivity index (χ3v) is 3.25. The first kappa shape index (κ1) is 8.65. The highest BCUT2D eigenvalue weighted by Crippen LogP contribution is 2.41. The van der Waals surface area contributed by atoms with Gasteiger partial charge in [0.25, 0.3) is 0 Å². The number of hydrogen-bond donors (Lipinski definition) is 0. The zero-order chi connectivity index (χ0) is 10.4. The molecule has 1 heterocycles. The fourth-order valence-corrected chi connectivity index (χ4v) is 2.53. The van der Waals surface area contributed by atoms with Crippen LogP contribution in [-0.4, -0.2) is 11.9 Å². The van der Waals surface area contributed by atoms with Gasteiger partial charge in [-0.25, -0.2) is 4.79 Å². The summed E-state index contributed by atoms with van der Waals surface area (Å²) < 4.78 is 4.66. The molecule has 0 saturated carbocycles. The lowest BCUT2D eigenvalue weighted by atomic mass is 9.76. The monoisotopic (exact) mass is 202 g/mol. The predicted molar refractivity (Wildman–Crippen MR) is 52.6 cm³/mol. The van der Waals surface area contributed by atoms with E-state index in [0.29, 0.717) is 11.5 Å². The summed E-state index contributed by atoms with van der Waals surface area (Å²) >= 11 is 0. The molecule has 0 aromatic carbocycles. The second kappa shape index (κ2) is 2.92. The van der Waals surface area contributed by atoms with Gasteiger partial charge in [0.2, 0.25) is 0 Å². The Bertz CT molecular complexity index is 440. The number of ether oxygens (including phenoxy) is 1. The van der Waals surface area contributed by atoms with E-state index in [1.165, 1.54) is 0 Å². The Labute approximate surface area is 87.1 Å². The molecule has 2 atom stereocenters. The molecule has 1 aliphatic heterocycles. The molecule has 0 spiro atoms.